The summed E-state index contributed by atoms with van der Waals surface area (Å²) in [6, 6.07) is 5.11. The van der Waals surface area contributed by atoms with E-state index in [4.69, 9.17) is 18.0 Å². The SMILES string of the molecule is CCCC1CCCN(Cc2ccc(F)c(C(N)=S)c2)CC1. The standard InChI is InChI=1S/C17H25FN2S/c1-2-4-13-5-3-9-20(10-8-13)12-14-6-7-16(18)15(11-14)17(19)21/h6-7,11,13H,2-5,8-10,12H2,1H3,(H2,19,21). The molecular formula is C17H25FN2S. The molecule has 0 saturated carbocycles. The summed E-state index contributed by atoms with van der Waals surface area (Å²) >= 11 is 4.90. The molecule has 1 atom stereocenters. The molecule has 1 aliphatic heterocycles. The van der Waals surface area contributed by atoms with Gasteiger partial charge in [-0.15, -0.1) is 0 Å². The molecule has 0 aromatic heterocycles. The second-order valence-electron chi connectivity index (χ2n) is 6.04. The highest BCUT2D eigenvalue weighted by Crippen LogP contribution is 2.23. The van der Waals surface area contributed by atoms with E-state index in [2.05, 4.69) is 11.8 Å². The predicted molar refractivity (Wildman–Crippen MR) is 89.8 cm³/mol. The molecule has 0 bridgehead atoms. The third-order valence-electron chi connectivity index (χ3n) is 4.34. The first-order chi connectivity index (χ1) is 10.1. The number of hydrogen-bond acceptors (Lipinski definition) is 2. The zero-order valence-electron chi connectivity index (χ0n) is 12.8. The summed E-state index contributed by atoms with van der Waals surface area (Å²) in [5.74, 6) is 0.547. The molecule has 1 fully saturated rings. The Balaban J connectivity index is 1.98. The van der Waals surface area contributed by atoms with Crippen molar-refractivity contribution < 1.29 is 4.39 Å². The fraction of sp³-hybridized carbons (Fsp3) is 0.588. The minimum atomic E-state index is -0.329. The number of rotatable bonds is 5. The Morgan fingerprint density at radius 3 is 2.90 bits per heavy atom. The number of thiocarbonyl (C=S) groups is 1. The van der Waals surface area contributed by atoms with Gasteiger partial charge in [-0.3, -0.25) is 4.90 Å². The lowest BCUT2D eigenvalue weighted by atomic mass is 9.96. The molecule has 1 aliphatic rings. The van der Waals surface area contributed by atoms with Crippen molar-refractivity contribution in [3.8, 4) is 0 Å². The second-order valence-corrected chi connectivity index (χ2v) is 6.48. The van der Waals surface area contributed by atoms with Gasteiger partial charge in [0.2, 0.25) is 0 Å². The molecule has 0 aliphatic carbocycles. The van der Waals surface area contributed by atoms with Crippen LogP contribution in [0.15, 0.2) is 18.2 Å². The summed E-state index contributed by atoms with van der Waals surface area (Å²) in [6.07, 6.45) is 6.49. The Labute approximate surface area is 132 Å². The van der Waals surface area contributed by atoms with Crippen molar-refractivity contribution in [3.05, 3.63) is 35.1 Å². The molecule has 1 unspecified atom stereocenters. The first kappa shape index (κ1) is 16.4. The summed E-state index contributed by atoms with van der Waals surface area (Å²) < 4.78 is 13.6. The van der Waals surface area contributed by atoms with Crippen LogP contribution in [0, 0.1) is 11.7 Å². The molecule has 116 valence electrons. The van der Waals surface area contributed by atoms with E-state index in [1.54, 1.807) is 6.07 Å². The lowest BCUT2D eigenvalue weighted by molar-refractivity contribution is 0.271. The third-order valence-corrected chi connectivity index (χ3v) is 4.56. The van der Waals surface area contributed by atoms with E-state index in [1.807, 2.05) is 6.07 Å². The van der Waals surface area contributed by atoms with Gasteiger partial charge in [0, 0.05) is 12.1 Å². The number of benzene rings is 1. The molecule has 1 aromatic rings. The van der Waals surface area contributed by atoms with Crippen LogP contribution in [0.3, 0.4) is 0 Å². The second kappa shape index (κ2) is 7.85. The van der Waals surface area contributed by atoms with Gasteiger partial charge in [0.05, 0.1) is 0 Å². The van der Waals surface area contributed by atoms with Gasteiger partial charge in [0.15, 0.2) is 0 Å². The molecule has 1 aromatic carbocycles. The van der Waals surface area contributed by atoms with Crippen LogP contribution in [-0.2, 0) is 6.54 Å². The van der Waals surface area contributed by atoms with E-state index in [0.717, 1.165) is 31.1 Å². The van der Waals surface area contributed by atoms with Crippen molar-refractivity contribution in [1.82, 2.24) is 4.90 Å². The van der Waals surface area contributed by atoms with E-state index in [-0.39, 0.29) is 10.8 Å². The van der Waals surface area contributed by atoms with Gasteiger partial charge in [-0.05, 0) is 56.0 Å². The van der Waals surface area contributed by atoms with E-state index in [9.17, 15) is 4.39 Å². The van der Waals surface area contributed by atoms with E-state index < -0.39 is 0 Å². The fourth-order valence-electron chi connectivity index (χ4n) is 3.20. The summed E-state index contributed by atoms with van der Waals surface area (Å²) in [5.41, 5.74) is 7.02. The number of nitrogens with zero attached hydrogens (tertiary/aromatic N) is 1. The zero-order chi connectivity index (χ0) is 15.2. The number of likely N-dealkylation sites (tertiary alicyclic amines) is 1. The third kappa shape index (κ3) is 4.75. The lowest BCUT2D eigenvalue weighted by Gasteiger charge is -2.20. The fourth-order valence-corrected chi connectivity index (χ4v) is 3.35. The normalized spacial score (nSPS) is 20.2. The highest BCUT2D eigenvalue weighted by atomic mass is 32.1. The predicted octanol–water partition coefficient (Wildman–Crippen LogP) is 3.86. The van der Waals surface area contributed by atoms with Gasteiger partial charge in [-0.2, -0.15) is 0 Å². The van der Waals surface area contributed by atoms with Gasteiger partial charge in [0.25, 0.3) is 0 Å². The first-order valence-electron chi connectivity index (χ1n) is 7.90. The molecule has 21 heavy (non-hydrogen) atoms. The summed E-state index contributed by atoms with van der Waals surface area (Å²) in [5, 5.41) is 0. The summed E-state index contributed by atoms with van der Waals surface area (Å²) in [7, 11) is 0. The van der Waals surface area contributed by atoms with Crippen molar-refractivity contribution >= 4 is 17.2 Å². The topological polar surface area (TPSA) is 29.3 Å². The molecule has 0 spiro atoms. The van der Waals surface area contributed by atoms with Crippen LogP contribution >= 0.6 is 12.2 Å². The van der Waals surface area contributed by atoms with Gasteiger partial charge < -0.3 is 5.73 Å². The van der Waals surface area contributed by atoms with Crippen LogP contribution in [0.5, 0.6) is 0 Å². The number of nitrogens with two attached hydrogens (primary N) is 1. The molecule has 0 radical (unpaired) electrons. The zero-order valence-corrected chi connectivity index (χ0v) is 13.6. The maximum absolute atomic E-state index is 13.6. The lowest BCUT2D eigenvalue weighted by Crippen LogP contribution is -2.24. The van der Waals surface area contributed by atoms with Crippen LogP contribution in [0.1, 0.15) is 50.2 Å². The Hall–Kier alpha value is -1.00. The molecule has 1 saturated heterocycles. The maximum atomic E-state index is 13.6. The largest absolute Gasteiger partial charge is 0.389 e. The molecule has 0 amide bonds. The molecule has 2 rings (SSSR count). The monoisotopic (exact) mass is 308 g/mol. The summed E-state index contributed by atoms with van der Waals surface area (Å²) in [4.78, 5) is 2.60. The van der Waals surface area contributed by atoms with Crippen LogP contribution in [-0.4, -0.2) is 23.0 Å². The Morgan fingerprint density at radius 2 is 2.19 bits per heavy atom. The van der Waals surface area contributed by atoms with Crippen LogP contribution in [0.2, 0.25) is 0 Å². The molecule has 1 heterocycles. The molecule has 4 heteroatoms. The Morgan fingerprint density at radius 1 is 1.38 bits per heavy atom. The van der Waals surface area contributed by atoms with Crippen molar-refractivity contribution in [2.45, 2.75) is 45.6 Å². The highest BCUT2D eigenvalue weighted by molar-refractivity contribution is 7.80. The van der Waals surface area contributed by atoms with E-state index in [0.29, 0.717) is 5.56 Å². The van der Waals surface area contributed by atoms with Crippen molar-refractivity contribution in [2.75, 3.05) is 13.1 Å². The number of hydrogen-bond donors (Lipinski definition) is 1. The first-order valence-corrected chi connectivity index (χ1v) is 8.31. The maximum Gasteiger partial charge on any atom is 0.133 e. The molecule has 2 nitrogen and oxygen atoms in total. The quantitative estimate of drug-likeness (QED) is 0.838. The Kier molecular flexibility index (Phi) is 6.12. The minimum Gasteiger partial charge on any atom is -0.389 e. The van der Waals surface area contributed by atoms with Crippen molar-refractivity contribution in [2.24, 2.45) is 11.7 Å². The van der Waals surface area contributed by atoms with Gasteiger partial charge in [-0.25, -0.2) is 4.39 Å². The average Bonchev–Trinajstić information content (AvgIpc) is 2.67. The highest BCUT2D eigenvalue weighted by Gasteiger charge is 2.17. The van der Waals surface area contributed by atoms with Crippen LogP contribution in [0.25, 0.3) is 0 Å². The number of halogens is 1. The molecular weight excluding hydrogens is 283 g/mol. The van der Waals surface area contributed by atoms with Gasteiger partial charge in [0.1, 0.15) is 10.8 Å². The summed E-state index contributed by atoms with van der Waals surface area (Å²) in [6.45, 7) is 5.37. The molecule has 2 N–H and O–H groups in total. The Bertz CT molecular complexity index is 490. The van der Waals surface area contributed by atoms with Crippen LogP contribution in [0.4, 0.5) is 4.39 Å². The smallest absolute Gasteiger partial charge is 0.133 e. The van der Waals surface area contributed by atoms with Gasteiger partial charge in [-0.1, -0.05) is 38.0 Å². The van der Waals surface area contributed by atoms with Gasteiger partial charge >= 0.3 is 0 Å². The van der Waals surface area contributed by atoms with Crippen LogP contribution < -0.4 is 5.73 Å². The van der Waals surface area contributed by atoms with E-state index >= 15 is 0 Å². The van der Waals surface area contributed by atoms with Crippen molar-refractivity contribution in [3.63, 3.8) is 0 Å². The average molecular weight is 308 g/mol. The minimum absolute atomic E-state index is 0.133. The van der Waals surface area contributed by atoms with Crippen molar-refractivity contribution in [1.29, 1.82) is 0 Å². The van der Waals surface area contributed by atoms with E-state index in [1.165, 1.54) is 38.2 Å².